The van der Waals surface area contributed by atoms with Gasteiger partial charge in [0.25, 0.3) is 0 Å². The molecule has 0 bridgehead atoms. The predicted octanol–water partition coefficient (Wildman–Crippen LogP) is 2.45. The average Bonchev–Trinajstić information content (AvgIpc) is 2.04. The van der Waals surface area contributed by atoms with Crippen molar-refractivity contribution in [2.24, 2.45) is 0 Å². The zero-order valence-corrected chi connectivity index (χ0v) is 8.41. The van der Waals surface area contributed by atoms with Crippen molar-refractivity contribution in [2.75, 3.05) is 0 Å². The summed E-state index contributed by atoms with van der Waals surface area (Å²) in [5.41, 5.74) is 1.20. The van der Waals surface area contributed by atoms with E-state index in [-0.39, 0.29) is 0 Å². The molecule has 1 atom stereocenters. The quantitative estimate of drug-likeness (QED) is 0.747. The van der Waals surface area contributed by atoms with Gasteiger partial charge in [-0.15, -0.1) is 0 Å². The van der Waals surface area contributed by atoms with Crippen molar-refractivity contribution in [3.8, 4) is 5.75 Å². The zero-order chi connectivity index (χ0) is 9.84. The molecule has 0 heterocycles. The summed E-state index contributed by atoms with van der Waals surface area (Å²) in [6, 6.07) is 8.12. The molecule has 0 amide bonds. The molecular weight excluding hydrogens is 162 g/mol. The van der Waals surface area contributed by atoms with Crippen LogP contribution in [-0.2, 0) is 0 Å². The molecule has 2 N–H and O–H groups in total. The van der Waals surface area contributed by atoms with Crippen LogP contribution in [0.5, 0.6) is 5.75 Å². The summed E-state index contributed by atoms with van der Waals surface area (Å²) >= 11 is 0. The van der Waals surface area contributed by atoms with E-state index in [1.807, 2.05) is 12.1 Å². The fourth-order valence-electron chi connectivity index (χ4n) is 1.36. The van der Waals surface area contributed by atoms with Gasteiger partial charge in [0, 0.05) is 12.1 Å². The Bertz CT molecular complexity index is 253. The summed E-state index contributed by atoms with van der Waals surface area (Å²) in [6.45, 7) is 6.36. The first-order valence-electron chi connectivity index (χ1n) is 4.64. The van der Waals surface area contributed by atoms with Crippen molar-refractivity contribution in [1.82, 2.24) is 5.32 Å². The van der Waals surface area contributed by atoms with Crippen LogP contribution in [0.2, 0.25) is 0 Å². The Labute approximate surface area is 79.6 Å². The van der Waals surface area contributed by atoms with E-state index in [9.17, 15) is 0 Å². The molecule has 0 fully saturated rings. The molecule has 2 heteroatoms. The second-order valence-corrected chi connectivity index (χ2v) is 3.63. The van der Waals surface area contributed by atoms with Gasteiger partial charge in [-0.1, -0.05) is 26.0 Å². The zero-order valence-electron chi connectivity index (χ0n) is 8.41. The van der Waals surface area contributed by atoms with Crippen LogP contribution in [0, 0.1) is 0 Å². The van der Waals surface area contributed by atoms with E-state index in [2.05, 4.69) is 26.1 Å². The van der Waals surface area contributed by atoms with Crippen LogP contribution in [0.3, 0.4) is 0 Å². The lowest BCUT2D eigenvalue weighted by molar-refractivity contribution is 0.473. The highest BCUT2D eigenvalue weighted by Crippen LogP contribution is 2.16. The Morgan fingerprint density at radius 1 is 1.08 bits per heavy atom. The Morgan fingerprint density at radius 2 is 1.62 bits per heavy atom. The molecule has 0 saturated carbocycles. The van der Waals surface area contributed by atoms with Crippen LogP contribution in [0.25, 0.3) is 0 Å². The van der Waals surface area contributed by atoms with Gasteiger partial charge in [0.15, 0.2) is 0 Å². The number of hydrogen-bond donors (Lipinski definition) is 2. The summed E-state index contributed by atoms with van der Waals surface area (Å²) < 4.78 is 0. The smallest absolute Gasteiger partial charge is 0.115 e. The van der Waals surface area contributed by atoms with Crippen molar-refractivity contribution in [3.63, 3.8) is 0 Å². The molecule has 1 rings (SSSR count). The summed E-state index contributed by atoms with van der Waals surface area (Å²) in [4.78, 5) is 0. The lowest BCUT2D eigenvalue weighted by Gasteiger charge is -2.16. The van der Waals surface area contributed by atoms with Crippen molar-refractivity contribution in [2.45, 2.75) is 32.9 Å². The average molecular weight is 179 g/mol. The van der Waals surface area contributed by atoms with Gasteiger partial charge in [-0.3, -0.25) is 0 Å². The summed E-state index contributed by atoms with van der Waals surface area (Å²) in [5, 5.41) is 12.5. The fraction of sp³-hybridized carbons (Fsp3) is 0.455. The Morgan fingerprint density at radius 3 is 2.08 bits per heavy atom. The highest BCUT2D eigenvalue weighted by molar-refractivity contribution is 5.27. The number of rotatable bonds is 3. The molecule has 0 saturated heterocycles. The highest BCUT2D eigenvalue weighted by atomic mass is 16.3. The standard InChI is InChI=1S/C11H17NO/c1-8(2)12-9(3)10-4-6-11(13)7-5-10/h4-9,12-13H,1-3H3/t9-/m1/s1. The third-order valence-electron chi connectivity index (χ3n) is 1.98. The van der Waals surface area contributed by atoms with E-state index < -0.39 is 0 Å². The summed E-state index contributed by atoms with van der Waals surface area (Å²) in [6.07, 6.45) is 0. The number of hydrogen-bond acceptors (Lipinski definition) is 2. The first kappa shape index (κ1) is 10.1. The van der Waals surface area contributed by atoms with Gasteiger partial charge >= 0.3 is 0 Å². The topological polar surface area (TPSA) is 32.3 Å². The molecule has 13 heavy (non-hydrogen) atoms. The molecule has 2 nitrogen and oxygen atoms in total. The van der Waals surface area contributed by atoms with Crippen molar-refractivity contribution in [1.29, 1.82) is 0 Å². The number of benzene rings is 1. The van der Waals surface area contributed by atoms with E-state index in [0.29, 0.717) is 17.8 Å². The summed E-state index contributed by atoms with van der Waals surface area (Å²) in [5.74, 6) is 0.320. The Kier molecular flexibility index (Phi) is 3.32. The molecule has 0 radical (unpaired) electrons. The molecule has 0 aliphatic rings. The predicted molar refractivity (Wildman–Crippen MR) is 54.8 cm³/mol. The van der Waals surface area contributed by atoms with Gasteiger partial charge in [0.1, 0.15) is 5.75 Å². The van der Waals surface area contributed by atoms with Crippen LogP contribution in [0.15, 0.2) is 24.3 Å². The second-order valence-electron chi connectivity index (χ2n) is 3.63. The first-order valence-corrected chi connectivity index (χ1v) is 4.64. The Hall–Kier alpha value is -1.02. The molecular formula is C11H17NO. The molecule has 1 aromatic rings. The highest BCUT2D eigenvalue weighted by Gasteiger charge is 2.05. The maximum absolute atomic E-state index is 9.10. The molecule has 0 aromatic heterocycles. The van der Waals surface area contributed by atoms with Crippen LogP contribution in [0.1, 0.15) is 32.4 Å². The van der Waals surface area contributed by atoms with Crippen LogP contribution in [-0.4, -0.2) is 11.1 Å². The third-order valence-corrected chi connectivity index (χ3v) is 1.98. The van der Waals surface area contributed by atoms with Crippen LogP contribution < -0.4 is 5.32 Å². The lowest BCUT2D eigenvalue weighted by atomic mass is 10.1. The second kappa shape index (κ2) is 4.28. The molecule has 1 aromatic carbocycles. The van der Waals surface area contributed by atoms with E-state index in [1.54, 1.807) is 12.1 Å². The number of nitrogens with one attached hydrogen (secondary N) is 1. The normalized spacial score (nSPS) is 13.2. The SMILES string of the molecule is CC(C)N[C@H](C)c1ccc(O)cc1. The number of aromatic hydroxyl groups is 1. The van der Waals surface area contributed by atoms with Crippen LogP contribution in [0.4, 0.5) is 0 Å². The van der Waals surface area contributed by atoms with Gasteiger partial charge < -0.3 is 10.4 Å². The molecule has 0 spiro atoms. The van der Waals surface area contributed by atoms with E-state index in [0.717, 1.165) is 0 Å². The maximum Gasteiger partial charge on any atom is 0.115 e. The van der Waals surface area contributed by atoms with Gasteiger partial charge in [-0.2, -0.15) is 0 Å². The van der Waals surface area contributed by atoms with Gasteiger partial charge in [-0.25, -0.2) is 0 Å². The first-order chi connectivity index (χ1) is 6.09. The lowest BCUT2D eigenvalue weighted by Crippen LogP contribution is -2.25. The largest absolute Gasteiger partial charge is 0.508 e. The number of phenolic OH excluding ortho intramolecular Hbond substituents is 1. The fourth-order valence-corrected chi connectivity index (χ4v) is 1.36. The van der Waals surface area contributed by atoms with Crippen molar-refractivity contribution >= 4 is 0 Å². The van der Waals surface area contributed by atoms with E-state index >= 15 is 0 Å². The molecule has 0 aliphatic carbocycles. The minimum atomic E-state index is 0.320. The minimum absolute atomic E-state index is 0.320. The molecule has 0 unspecified atom stereocenters. The maximum atomic E-state index is 9.10. The van der Waals surface area contributed by atoms with Gasteiger partial charge in [0.2, 0.25) is 0 Å². The van der Waals surface area contributed by atoms with Gasteiger partial charge in [-0.05, 0) is 24.6 Å². The van der Waals surface area contributed by atoms with E-state index in [4.69, 9.17) is 5.11 Å². The molecule has 72 valence electrons. The monoisotopic (exact) mass is 179 g/mol. The summed E-state index contributed by atoms with van der Waals surface area (Å²) in [7, 11) is 0. The third kappa shape index (κ3) is 3.07. The minimum Gasteiger partial charge on any atom is -0.508 e. The van der Waals surface area contributed by atoms with Crippen molar-refractivity contribution < 1.29 is 5.11 Å². The number of phenols is 1. The Balaban J connectivity index is 2.66. The van der Waals surface area contributed by atoms with E-state index in [1.165, 1.54) is 5.56 Å². The van der Waals surface area contributed by atoms with Crippen molar-refractivity contribution in [3.05, 3.63) is 29.8 Å². The van der Waals surface area contributed by atoms with Crippen LogP contribution >= 0.6 is 0 Å². The molecule has 0 aliphatic heterocycles. The van der Waals surface area contributed by atoms with Gasteiger partial charge in [0.05, 0.1) is 0 Å².